The van der Waals surface area contributed by atoms with Crippen LogP contribution in [0.5, 0.6) is 0 Å². The number of carbonyl (C=O) groups is 2. The molecule has 0 radical (unpaired) electrons. The normalized spacial score (nSPS) is 9.00. The predicted molar refractivity (Wildman–Crippen MR) is 44.9 cm³/mol. The van der Waals surface area contributed by atoms with Crippen molar-refractivity contribution in [3.05, 3.63) is 0 Å². The Labute approximate surface area is 67.7 Å². The molecule has 0 saturated heterocycles. The van der Waals surface area contributed by atoms with Gasteiger partial charge in [0.25, 0.3) is 5.24 Å². The maximum absolute atomic E-state index is 10.6. The first-order chi connectivity index (χ1) is 4.70. The first kappa shape index (κ1) is 9.84. The van der Waals surface area contributed by atoms with Crippen molar-refractivity contribution in [3.8, 4) is 0 Å². The Morgan fingerprint density at radius 2 is 2.00 bits per heavy atom. The Bertz CT molecular complexity index is 122. The minimum atomic E-state index is -0.188. The maximum atomic E-state index is 10.6. The summed E-state index contributed by atoms with van der Waals surface area (Å²) in [6.07, 6.45) is 0.467. The van der Waals surface area contributed by atoms with E-state index in [1.165, 1.54) is 7.05 Å². The second-order valence-corrected chi connectivity index (χ2v) is 3.59. The molecule has 10 heavy (non-hydrogen) atoms. The van der Waals surface area contributed by atoms with Crippen LogP contribution < -0.4 is 5.32 Å². The zero-order chi connectivity index (χ0) is 7.98. The van der Waals surface area contributed by atoms with Crippen LogP contribution in [0.1, 0.15) is 13.3 Å². The molecule has 0 saturated carbocycles. The first-order valence-electron chi connectivity index (χ1n) is 2.79. The fraction of sp³-hybridized carbons (Fsp3) is 0.600. The van der Waals surface area contributed by atoms with Gasteiger partial charge in [-0.15, -0.1) is 0 Å². The van der Waals surface area contributed by atoms with E-state index < -0.39 is 0 Å². The lowest BCUT2D eigenvalue weighted by molar-refractivity contribution is -0.110. The van der Waals surface area contributed by atoms with Crippen LogP contribution >= 0.6 is 21.6 Å². The first-order valence-corrected chi connectivity index (χ1v) is 4.94. The zero-order valence-electron chi connectivity index (χ0n) is 5.84. The highest BCUT2D eigenvalue weighted by Gasteiger charge is 2.03. The molecule has 0 aliphatic carbocycles. The summed E-state index contributed by atoms with van der Waals surface area (Å²) < 4.78 is 0. The summed E-state index contributed by atoms with van der Waals surface area (Å²) in [4.78, 5) is 21.1. The van der Waals surface area contributed by atoms with Crippen LogP contribution in [0.2, 0.25) is 0 Å². The Balaban J connectivity index is 3.35. The molecule has 0 unspecified atom stereocenters. The van der Waals surface area contributed by atoms with Crippen molar-refractivity contribution in [1.29, 1.82) is 0 Å². The number of carbonyl (C=O) groups excluding carboxylic acids is 2. The van der Waals surface area contributed by atoms with Crippen molar-refractivity contribution >= 4 is 31.9 Å². The molecule has 0 aromatic carbocycles. The molecule has 1 N–H and O–H groups in total. The van der Waals surface area contributed by atoms with E-state index in [0.717, 1.165) is 21.6 Å². The molecule has 0 atom stereocenters. The van der Waals surface area contributed by atoms with Crippen LogP contribution in [-0.2, 0) is 4.79 Å². The van der Waals surface area contributed by atoms with Gasteiger partial charge < -0.3 is 5.32 Å². The lowest BCUT2D eigenvalue weighted by Crippen LogP contribution is -2.10. The fourth-order valence-corrected chi connectivity index (χ4v) is 1.66. The van der Waals surface area contributed by atoms with Crippen molar-refractivity contribution < 1.29 is 9.59 Å². The van der Waals surface area contributed by atoms with Gasteiger partial charge in [-0.05, 0) is 10.8 Å². The number of rotatable bonds is 1. The third-order valence-electron chi connectivity index (χ3n) is 0.703. The molecule has 0 aliphatic heterocycles. The third kappa shape index (κ3) is 4.69. The van der Waals surface area contributed by atoms with Crippen molar-refractivity contribution in [1.82, 2.24) is 5.32 Å². The van der Waals surface area contributed by atoms with E-state index in [0.29, 0.717) is 6.42 Å². The van der Waals surface area contributed by atoms with Gasteiger partial charge in [0.1, 0.15) is 0 Å². The van der Waals surface area contributed by atoms with E-state index in [2.05, 4.69) is 5.32 Å². The second-order valence-electron chi connectivity index (χ2n) is 1.43. The summed E-state index contributed by atoms with van der Waals surface area (Å²) in [5.41, 5.74) is 0. The molecule has 0 aromatic rings. The van der Waals surface area contributed by atoms with Gasteiger partial charge in [0.05, 0.1) is 0 Å². The molecule has 3 nitrogen and oxygen atoms in total. The summed E-state index contributed by atoms with van der Waals surface area (Å²) in [5, 5.41) is 2.23. The smallest absolute Gasteiger partial charge is 0.289 e. The molecule has 58 valence electrons. The molecule has 1 amide bonds. The van der Waals surface area contributed by atoms with Crippen molar-refractivity contribution in [2.45, 2.75) is 13.3 Å². The lowest BCUT2D eigenvalue weighted by Gasteiger charge is -1.94. The molecule has 0 bridgehead atoms. The number of amides is 1. The van der Waals surface area contributed by atoms with Gasteiger partial charge in [0.2, 0.25) is 0 Å². The van der Waals surface area contributed by atoms with Gasteiger partial charge in [-0.2, -0.15) is 0 Å². The molecule has 5 heteroatoms. The van der Waals surface area contributed by atoms with Crippen molar-refractivity contribution in [3.63, 3.8) is 0 Å². The summed E-state index contributed by atoms with van der Waals surface area (Å²) in [6, 6.07) is 0. The molecule has 0 aromatic heterocycles. The fourth-order valence-electron chi connectivity index (χ4n) is 0.185. The zero-order valence-corrected chi connectivity index (χ0v) is 7.47. The Morgan fingerprint density at radius 1 is 1.40 bits per heavy atom. The predicted octanol–water partition coefficient (Wildman–Crippen LogP) is 1.64. The summed E-state index contributed by atoms with van der Waals surface area (Å²) >= 11 is 0. The van der Waals surface area contributed by atoms with Gasteiger partial charge in [0, 0.05) is 24.3 Å². The minimum Gasteiger partial charge on any atom is -0.349 e. The molecular weight excluding hydrogens is 170 g/mol. The highest BCUT2D eigenvalue weighted by Crippen LogP contribution is 2.23. The second kappa shape index (κ2) is 5.61. The van der Waals surface area contributed by atoms with E-state index in [9.17, 15) is 9.59 Å². The largest absolute Gasteiger partial charge is 0.349 e. The van der Waals surface area contributed by atoms with Crippen LogP contribution in [0.25, 0.3) is 0 Å². The Kier molecular flexibility index (Phi) is 5.52. The lowest BCUT2D eigenvalue weighted by atomic mass is 10.6. The average molecular weight is 179 g/mol. The minimum absolute atomic E-state index is 0.0219. The van der Waals surface area contributed by atoms with Crippen LogP contribution in [0, 0.1) is 0 Å². The molecule has 0 spiro atoms. The van der Waals surface area contributed by atoms with Crippen molar-refractivity contribution in [2.24, 2.45) is 0 Å². The molecule has 0 aliphatic rings. The number of nitrogens with one attached hydrogen (secondary N) is 1. The number of hydrogen-bond acceptors (Lipinski definition) is 4. The monoisotopic (exact) mass is 179 g/mol. The van der Waals surface area contributed by atoms with Gasteiger partial charge >= 0.3 is 0 Å². The average Bonchev–Trinajstić information content (AvgIpc) is 1.99. The van der Waals surface area contributed by atoms with Crippen LogP contribution in [-0.4, -0.2) is 17.4 Å². The summed E-state index contributed by atoms with van der Waals surface area (Å²) in [6.45, 7) is 1.76. The standard InChI is InChI=1S/C5H9NO2S2/c1-3-4(7)9-10-5(8)6-2/h3H2,1-2H3,(H,6,8). The van der Waals surface area contributed by atoms with E-state index >= 15 is 0 Å². The Morgan fingerprint density at radius 3 is 2.40 bits per heavy atom. The topological polar surface area (TPSA) is 46.2 Å². The molecular formula is C5H9NO2S2. The Hall–Kier alpha value is -0.160. The molecule has 0 fully saturated rings. The van der Waals surface area contributed by atoms with E-state index in [4.69, 9.17) is 0 Å². The molecule has 0 heterocycles. The third-order valence-corrected chi connectivity index (χ3v) is 2.88. The number of hydrogen-bond donors (Lipinski definition) is 1. The van der Waals surface area contributed by atoms with Crippen LogP contribution in [0.4, 0.5) is 4.79 Å². The summed E-state index contributed by atoms with van der Waals surface area (Å²) in [7, 11) is 3.44. The van der Waals surface area contributed by atoms with Crippen LogP contribution in [0.3, 0.4) is 0 Å². The van der Waals surface area contributed by atoms with Gasteiger partial charge in [-0.1, -0.05) is 6.92 Å². The highest BCUT2D eigenvalue weighted by atomic mass is 33.1. The molecule has 0 rings (SSSR count). The SMILES string of the molecule is CCC(=O)SSC(=O)NC. The maximum Gasteiger partial charge on any atom is 0.289 e. The van der Waals surface area contributed by atoms with Crippen molar-refractivity contribution in [2.75, 3.05) is 7.05 Å². The van der Waals surface area contributed by atoms with Gasteiger partial charge in [-0.3, -0.25) is 9.59 Å². The van der Waals surface area contributed by atoms with E-state index in [1.54, 1.807) is 6.92 Å². The van der Waals surface area contributed by atoms with E-state index in [1.807, 2.05) is 0 Å². The van der Waals surface area contributed by atoms with Gasteiger partial charge in [0.15, 0.2) is 5.12 Å². The van der Waals surface area contributed by atoms with Crippen LogP contribution in [0.15, 0.2) is 0 Å². The summed E-state index contributed by atoms with van der Waals surface area (Å²) in [5.74, 6) is 0. The quantitative estimate of drug-likeness (QED) is 0.622. The van der Waals surface area contributed by atoms with Gasteiger partial charge in [-0.25, -0.2) is 0 Å². The van der Waals surface area contributed by atoms with E-state index in [-0.39, 0.29) is 10.4 Å². The highest BCUT2D eigenvalue weighted by molar-refractivity contribution is 8.87.